The molecule has 1 saturated carbocycles. The molecule has 34 heavy (non-hydrogen) atoms. The van der Waals surface area contributed by atoms with Gasteiger partial charge in [0.15, 0.2) is 0 Å². The monoisotopic (exact) mass is 507 g/mol. The van der Waals surface area contributed by atoms with Crippen molar-refractivity contribution in [3.8, 4) is 0 Å². The Morgan fingerprint density at radius 2 is 1.97 bits per heavy atom. The van der Waals surface area contributed by atoms with Crippen LogP contribution in [0.1, 0.15) is 49.4 Å². The molecular formula is C25H38FN3O3SSi. The number of nitrogens with two attached hydrogens (primary N) is 1. The van der Waals surface area contributed by atoms with E-state index in [1.165, 1.54) is 13.8 Å². The fraction of sp³-hybridized carbons (Fsp3) is 0.640. The minimum atomic E-state index is -3.97. The van der Waals surface area contributed by atoms with Crippen LogP contribution in [0.3, 0.4) is 0 Å². The van der Waals surface area contributed by atoms with Gasteiger partial charge in [-0.15, -0.1) is 0 Å². The number of hydrogen-bond donors (Lipinski definition) is 2. The molecule has 9 heteroatoms. The fourth-order valence-electron chi connectivity index (χ4n) is 4.53. The molecule has 2 aliphatic rings. The van der Waals surface area contributed by atoms with Gasteiger partial charge in [-0.3, -0.25) is 4.98 Å². The normalized spacial score (nSPS) is 21.3. The highest BCUT2D eigenvalue weighted by Gasteiger charge is 2.39. The van der Waals surface area contributed by atoms with E-state index in [-0.39, 0.29) is 11.4 Å². The van der Waals surface area contributed by atoms with Crippen molar-refractivity contribution in [2.45, 2.75) is 87.2 Å². The Labute approximate surface area is 203 Å². The lowest BCUT2D eigenvalue weighted by Crippen LogP contribution is -2.46. The summed E-state index contributed by atoms with van der Waals surface area (Å²) in [4.78, 5) is 4.82. The van der Waals surface area contributed by atoms with Crippen LogP contribution in [0.4, 0.5) is 4.39 Å². The SMILES string of the molecule is CC(C)(F)CNS(=O)(=O)c1c2c(cc3cnc(C4CC4)cc13)CC(N)(COCC[Si](C)(C)C)C2. The van der Waals surface area contributed by atoms with Crippen LogP contribution in [-0.2, 0) is 27.6 Å². The van der Waals surface area contributed by atoms with Crippen molar-refractivity contribution < 1.29 is 17.5 Å². The van der Waals surface area contributed by atoms with E-state index in [4.69, 9.17) is 10.5 Å². The summed E-state index contributed by atoms with van der Waals surface area (Å²) in [6.45, 7) is 10.4. The van der Waals surface area contributed by atoms with E-state index in [1.54, 1.807) is 6.20 Å². The summed E-state index contributed by atoms with van der Waals surface area (Å²) in [7, 11) is -5.18. The molecule has 1 aromatic heterocycles. The van der Waals surface area contributed by atoms with Crippen molar-refractivity contribution >= 4 is 28.9 Å². The van der Waals surface area contributed by atoms with E-state index in [0.29, 0.717) is 37.4 Å². The Kier molecular flexibility index (Phi) is 6.74. The third kappa shape index (κ3) is 6.05. The van der Waals surface area contributed by atoms with E-state index < -0.39 is 29.3 Å². The van der Waals surface area contributed by atoms with Crippen LogP contribution in [-0.4, -0.2) is 52.4 Å². The molecule has 0 aliphatic heterocycles. The first-order chi connectivity index (χ1) is 15.7. The zero-order valence-corrected chi connectivity index (χ0v) is 22.8. The van der Waals surface area contributed by atoms with Gasteiger partial charge in [-0.05, 0) is 68.8 Å². The van der Waals surface area contributed by atoms with Crippen molar-refractivity contribution in [3.63, 3.8) is 0 Å². The van der Waals surface area contributed by atoms with Gasteiger partial charge < -0.3 is 10.5 Å². The van der Waals surface area contributed by atoms with Crippen molar-refractivity contribution in [3.05, 3.63) is 35.2 Å². The zero-order valence-electron chi connectivity index (χ0n) is 21.0. The topological polar surface area (TPSA) is 94.3 Å². The predicted octanol–water partition coefficient (Wildman–Crippen LogP) is 4.29. The van der Waals surface area contributed by atoms with Gasteiger partial charge in [-0.1, -0.05) is 19.6 Å². The molecule has 1 heterocycles. The highest BCUT2D eigenvalue weighted by atomic mass is 32.2. The smallest absolute Gasteiger partial charge is 0.241 e. The number of rotatable bonds is 10. The maximum Gasteiger partial charge on any atom is 0.241 e. The molecule has 4 rings (SSSR count). The van der Waals surface area contributed by atoms with Crippen LogP contribution in [0.5, 0.6) is 0 Å². The summed E-state index contributed by atoms with van der Waals surface area (Å²) in [6, 6.07) is 4.98. The van der Waals surface area contributed by atoms with Crippen LogP contribution in [0.25, 0.3) is 10.8 Å². The number of nitrogens with one attached hydrogen (secondary N) is 1. The van der Waals surface area contributed by atoms with Gasteiger partial charge in [-0.2, -0.15) is 0 Å². The average molecular weight is 508 g/mol. The predicted molar refractivity (Wildman–Crippen MR) is 137 cm³/mol. The van der Waals surface area contributed by atoms with Gasteiger partial charge >= 0.3 is 0 Å². The summed E-state index contributed by atoms with van der Waals surface area (Å²) in [5.74, 6) is 0.388. The van der Waals surface area contributed by atoms with Gasteiger partial charge in [0.05, 0.1) is 11.5 Å². The van der Waals surface area contributed by atoms with Crippen molar-refractivity contribution in [1.82, 2.24) is 9.71 Å². The van der Waals surface area contributed by atoms with E-state index >= 15 is 0 Å². The first kappa shape index (κ1) is 25.7. The lowest BCUT2D eigenvalue weighted by Gasteiger charge is -2.25. The molecule has 1 atom stereocenters. The van der Waals surface area contributed by atoms with Crippen LogP contribution in [0, 0.1) is 0 Å². The first-order valence-corrected chi connectivity index (χ1v) is 17.3. The number of fused-ring (bicyclic) bond motifs is 2. The minimum absolute atomic E-state index is 0.225. The van der Waals surface area contributed by atoms with E-state index in [1.807, 2.05) is 12.1 Å². The summed E-state index contributed by atoms with van der Waals surface area (Å²) >= 11 is 0. The molecule has 6 nitrogen and oxygen atoms in total. The van der Waals surface area contributed by atoms with Crippen LogP contribution in [0.2, 0.25) is 25.7 Å². The molecule has 3 N–H and O–H groups in total. The molecule has 0 radical (unpaired) electrons. The van der Waals surface area contributed by atoms with Gasteiger partial charge in [0, 0.05) is 55.3 Å². The van der Waals surface area contributed by atoms with Crippen molar-refractivity contribution in [1.29, 1.82) is 0 Å². The summed E-state index contributed by atoms with van der Waals surface area (Å²) in [5.41, 5.74) is 6.97. The number of halogens is 1. The molecule has 1 fully saturated rings. The Morgan fingerprint density at radius 1 is 1.26 bits per heavy atom. The molecule has 2 aromatic rings. The third-order valence-corrected chi connectivity index (χ3v) is 9.83. The quantitative estimate of drug-likeness (QED) is 0.370. The largest absolute Gasteiger partial charge is 0.380 e. The maximum absolute atomic E-state index is 14.2. The molecule has 0 saturated heterocycles. The standard InChI is InChI=1S/C25H38FN3O3SSi/c1-24(2,26)15-29-33(30,31)23-20-11-22(17-6-7-17)28-14-19(20)10-18-12-25(27,13-21(18)23)16-32-8-9-34(3,4)5/h10-11,14,17,29H,6-9,12-13,15-16,27H2,1-5H3. The Morgan fingerprint density at radius 3 is 2.59 bits per heavy atom. The van der Waals surface area contributed by atoms with Gasteiger partial charge in [0.25, 0.3) is 0 Å². The first-order valence-electron chi connectivity index (χ1n) is 12.2. The molecule has 2 aliphatic carbocycles. The lowest BCUT2D eigenvalue weighted by molar-refractivity contribution is 0.0974. The van der Waals surface area contributed by atoms with E-state index in [9.17, 15) is 12.8 Å². The molecule has 1 unspecified atom stereocenters. The fourth-order valence-corrected chi connectivity index (χ4v) is 6.95. The number of hydrogen-bond acceptors (Lipinski definition) is 5. The number of ether oxygens (including phenoxy) is 1. The maximum atomic E-state index is 14.2. The number of sulfonamides is 1. The second-order valence-corrected chi connectivity index (χ2v) is 19.4. The van der Waals surface area contributed by atoms with E-state index in [0.717, 1.165) is 41.1 Å². The van der Waals surface area contributed by atoms with Crippen LogP contribution >= 0.6 is 0 Å². The number of aromatic nitrogens is 1. The molecule has 188 valence electrons. The molecule has 0 bridgehead atoms. The molecule has 1 aromatic carbocycles. The van der Waals surface area contributed by atoms with Gasteiger partial charge in [0.2, 0.25) is 10.0 Å². The van der Waals surface area contributed by atoms with E-state index in [2.05, 4.69) is 29.3 Å². The molecule has 0 spiro atoms. The summed E-state index contributed by atoms with van der Waals surface area (Å²) < 4.78 is 49.8. The van der Waals surface area contributed by atoms with Gasteiger partial charge in [-0.25, -0.2) is 17.5 Å². The molecule has 0 amide bonds. The average Bonchev–Trinajstić information content (AvgIpc) is 3.49. The number of nitrogens with zero attached hydrogens (tertiary/aromatic N) is 1. The van der Waals surface area contributed by atoms with Crippen LogP contribution in [0.15, 0.2) is 23.2 Å². The van der Waals surface area contributed by atoms with Crippen LogP contribution < -0.4 is 10.5 Å². The second-order valence-electron chi connectivity index (χ2n) is 12.1. The third-order valence-electron chi connectivity index (χ3n) is 6.60. The summed E-state index contributed by atoms with van der Waals surface area (Å²) in [6.07, 6.45) is 4.84. The van der Waals surface area contributed by atoms with Crippen molar-refractivity contribution in [2.75, 3.05) is 19.8 Å². The Bertz CT molecular complexity index is 1190. The highest BCUT2D eigenvalue weighted by Crippen LogP contribution is 2.43. The molecular weight excluding hydrogens is 469 g/mol. The number of benzene rings is 1. The summed E-state index contributed by atoms with van der Waals surface area (Å²) in [5, 5.41) is 1.41. The lowest BCUT2D eigenvalue weighted by atomic mass is 9.99. The number of alkyl halides is 1. The van der Waals surface area contributed by atoms with Gasteiger partial charge in [0.1, 0.15) is 5.67 Å². The zero-order chi connectivity index (χ0) is 24.9. The highest BCUT2D eigenvalue weighted by molar-refractivity contribution is 7.89. The second kappa shape index (κ2) is 8.92. The number of pyridine rings is 1. The Hall–Kier alpha value is -1.39. The van der Waals surface area contributed by atoms with Crippen molar-refractivity contribution in [2.24, 2.45) is 5.73 Å². The Balaban J connectivity index is 1.70. The minimum Gasteiger partial charge on any atom is -0.380 e.